The van der Waals surface area contributed by atoms with Crippen molar-refractivity contribution in [2.75, 3.05) is 25.5 Å². The lowest BCUT2D eigenvalue weighted by Crippen LogP contribution is -2.45. The zero-order chi connectivity index (χ0) is 13.6. The lowest BCUT2D eigenvalue weighted by molar-refractivity contribution is 0.0900. The van der Waals surface area contributed by atoms with Crippen LogP contribution in [0, 0.1) is 0 Å². The molecule has 1 aliphatic heterocycles. The van der Waals surface area contributed by atoms with Gasteiger partial charge >= 0.3 is 0 Å². The fourth-order valence-electron chi connectivity index (χ4n) is 2.28. The molecule has 0 aromatic heterocycles. The van der Waals surface area contributed by atoms with E-state index in [4.69, 9.17) is 9.84 Å². The number of hydrogen-bond acceptors (Lipinski definition) is 4. The predicted octanol–water partition coefficient (Wildman–Crippen LogP) is 0.978. The Balaban J connectivity index is 2.57. The van der Waals surface area contributed by atoms with E-state index in [0.717, 1.165) is 19.3 Å². The number of hydrogen-bond donors (Lipinski definition) is 1. The zero-order valence-electron chi connectivity index (χ0n) is 11.3. The smallest absolute Gasteiger partial charge is 0.216 e. The SMILES string of the molecule is CC(C)OCCS(=O)(=O)N1CCCCC1CCO. The number of piperidine rings is 1. The minimum Gasteiger partial charge on any atom is -0.396 e. The summed E-state index contributed by atoms with van der Waals surface area (Å²) in [6.45, 7) is 4.64. The minimum absolute atomic E-state index is 0.0344. The van der Waals surface area contributed by atoms with Crippen molar-refractivity contribution in [2.24, 2.45) is 0 Å². The third kappa shape index (κ3) is 4.84. The highest BCUT2D eigenvalue weighted by molar-refractivity contribution is 7.89. The molecule has 18 heavy (non-hydrogen) atoms. The number of aliphatic hydroxyl groups is 1. The first kappa shape index (κ1) is 15.9. The Morgan fingerprint density at radius 3 is 2.72 bits per heavy atom. The number of sulfonamides is 1. The zero-order valence-corrected chi connectivity index (χ0v) is 12.2. The van der Waals surface area contributed by atoms with Crippen molar-refractivity contribution in [3.05, 3.63) is 0 Å². The van der Waals surface area contributed by atoms with Crippen molar-refractivity contribution in [1.82, 2.24) is 4.31 Å². The van der Waals surface area contributed by atoms with Gasteiger partial charge in [-0.3, -0.25) is 0 Å². The van der Waals surface area contributed by atoms with Crippen LogP contribution in [0.1, 0.15) is 39.5 Å². The van der Waals surface area contributed by atoms with Gasteiger partial charge < -0.3 is 9.84 Å². The van der Waals surface area contributed by atoms with Gasteiger partial charge in [0.05, 0.1) is 18.5 Å². The van der Waals surface area contributed by atoms with Crippen LogP contribution in [0.3, 0.4) is 0 Å². The summed E-state index contributed by atoms with van der Waals surface area (Å²) in [5.41, 5.74) is 0. The topological polar surface area (TPSA) is 66.8 Å². The molecule has 108 valence electrons. The summed E-state index contributed by atoms with van der Waals surface area (Å²) in [7, 11) is -3.25. The predicted molar refractivity (Wildman–Crippen MR) is 70.9 cm³/mol. The molecule has 1 N–H and O–H groups in total. The molecule has 1 fully saturated rings. The van der Waals surface area contributed by atoms with E-state index < -0.39 is 10.0 Å². The molecule has 1 rings (SSSR count). The Morgan fingerprint density at radius 2 is 2.11 bits per heavy atom. The van der Waals surface area contributed by atoms with Gasteiger partial charge in [0.15, 0.2) is 0 Å². The Kier molecular flexibility index (Phi) is 6.55. The third-order valence-electron chi connectivity index (χ3n) is 3.19. The third-order valence-corrected chi connectivity index (χ3v) is 5.06. The van der Waals surface area contributed by atoms with Crippen LogP contribution < -0.4 is 0 Å². The van der Waals surface area contributed by atoms with Gasteiger partial charge in [-0.25, -0.2) is 8.42 Å². The van der Waals surface area contributed by atoms with Crippen molar-refractivity contribution in [2.45, 2.75) is 51.7 Å². The van der Waals surface area contributed by atoms with E-state index in [1.54, 1.807) is 4.31 Å². The summed E-state index contributed by atoms with van der Waals surface area (Å²) < 4.78 is 31.3. The number of rotatable bonds is 7. The Hall–Kier alpha value is -0.170. The molecule has 0 aromatic carbocycles. The maximum Gasteiger partial charge on any atom is 0.216 e. The summed E-state index contributed by atoms with van der Waals surface area (Å²) in [5, 5.41) is 9.00. The van der Waals surface area contributed by atoms with E-state index in [1.165, 1.54) is 0 Å². The lowest BCUT2D eigenvalue weighted by Gasteiger charge is -2.34. The molecule has 1 atom stereocenters. The van der Waals surface area contributed by atoms with Gasteiger partial charge in [-0.1, -0.05) is 6.42 Å². The number of nitrogens with zero attached hydrogens (tertiary/aromatic N) is 1. The molecule has 6 heteroatoms. The molecule has 0 amide bonds. The highest BCUT2D eigenvalue weighted by Gasteiger charge is 2.31. The second-order valence-corrected chi connectivity index (χ2v) is 7.05. The van der Waals surface area contributed by atoms with Crippen molar-refractivity contribution in [3.8, 4) is 0 Å². The molecule has 0 aliphatic carbocycles. The molecule has 5 nitrogen and oxygen atoms in total. The summed E-state index contributed by atoms with van der Waals surface area (Å²) in [4.78, 5) is 0. The number of ether oxygens (including phenoxy) is 1. The van der Waals surface area contributed by atoms with E-state index in [9.17, 15) is 8.42 Å². The quantitative estimate of drug-likeness (QED) is 0.754. The Labute approximate surface area is 110 Å². The van der Waals surface area contributed by atoms with Crippen LogP contribution in [0.15, 0.2) is 0 Å². The first-order valence-corrected chi connectivity index (χ1v) is 8.30. The summed E-state index contributed by atoms with van der Waals surface area (Å²) in [5.74, 6) is 0.0348. The second kappa shape index (κ2) is 7.43. The summed E-state index contributed by atoms with van der Waals surface area (Å²) in [6.07, 6.45) is 3.38. The van der Waals surface area contributed by atoms with Crippen LogP contribution >= 0.6 is 0 Å². The van der Waals surface area contributed by atoms with Crippen molar-refractivity contribution in [1.29, 1.82) is 0 Å². The van der Waals surface area contributed by atoms with E-state index in [0.29, 0.717) is 13.0 Å². The Morgan fingerprint density at radius 1 is 1.39 bits per heavy atom. The molecule has 1 unspecified atom stereocenters. The average molecular weight is 279 g/mol. The van der Waals surface area contributed by atoms with Gasteiger partial charge in [0, 0.05) is 19.2 Å². The minimum atomic E-state index is -3.25. The lowest BCUT2D eigenvalue weighted by atomic mass is 10.0. The molecule has 0 bridgehead atoms. The molecule has 1 aliphatic rings. The van der Waals surface area contributed by atoms with Crippen LogP contribution in [0.2, 0.25) is 0 Å². The highest BCUT2D eigenvalue weighted by Crippen LogP contribution is 2.22. The van der Waals surface area contributed by atoms with Gasteiger partial charge in [-0.05, 0) is 33.1 Å². The standard InChI is InChI=1S/C12H25NO4S/c1-11(2)17-9-10-18(15,16)13-7-4-3-5-12(13)6-8-14/h11-12,14H,3-10H2,1-2H3. The fourth-order valence-corrected chi connectivity index (χ4v) is 3.90. The van der Waals surface area contributed by atoms with Crippen molar-refractivity contribution >= 4 is 10.0 Å². The van der Waals surface area contributed by atoms with Gasteiger partial charge in [0.25, 0.3) is 0 Å². The van der Waals surface area contributed by atoms with Crippen LogP contribution in [0.5, 0.6) is 0 Å². The monoisotopic (exact) mass is 279 g/mol. The largest absolute Gasteiger partial charge is 0.396 e. The molecular weight excluding hydrogens is 254 g/mol. The fraction of sp³-hybridized carbons (Fsp3) is 1.00. The van der Waals surface area contributed by atoms with Gasteiger partial charge in [-0.2, -0.15) is 4.31 Å². The maximum atomic E-state index is 12.2. The average Bonchev–Trinajstić information content (AvgIpc) is 2.29. The summed E-state index contributed by atoms with van der Waals surface area (Å²) >= 11 is 0. The van der Waals surface area contributed by atoms with Crippen LogP contribution in [0.4, 0.5) is 0 Å². The highest BCUT2D eigenvalue weighted by atomic mass is 32.2. The second-order valence-electron chi connectivity index (χ2n) is 5.01. The number of aliphatic hydroxyl groups excluding tert-OH is 1. The molecule has 1 saturated heterocycles. The van der Waals surface area contributed by atoms with E-state index >= 15 is 0 Å². The van der Waals surface area contributed by atoms with Crippen molar-refractivity contribution < 1.29 is 18.3 Å². The normalized spacial score (nSPS) is 22.6. The van der Waals surface area contributed by atoms with Crippen LogP contribution in [0.25, 0.3) is 0 Å². The molecule has 0 saturated carbocycles. The van der Waals surface area contributed by atoms with E-state index in [1.807, 2.05) is 13.8 Å². The Bertz CT molecular complexity index is 327. The van der Waals surface area contributed by atoms with E-state index in [-0.39, 0.29) is 31.1 Å². The molecular formula is C12H25NO4S. The molecule has 1 heterocycles. The molecule has 0 spiro atoms. The molecule has 0 aromatic rings. The van der Waals surface area contributed by atoms with Crippen molar-refractivity contribution in [3.63, 3.8) is 0 Å². The van der Waals surface area contributed by atoms with Crippen LogP contribution in [-0.2, 0) is 14.8 Å². The van der Waals surface area contributed by atoms with Gasteiger partial charge in [0.2, 0.25) is 10.0 Å². The summed E-state index contributed by atoms with van der Waals surface area (Å²) in [6, 6.07) is -0.0344. The maximum absolute atomic E-state index is 12.2. The van der Waals surface area contributed by atoms with Gasteiger partial charge in [0.1, 0.15) is 0 Å². The van der Waals surface area contributed by atoms with E-state index in [2.05, 4.69) is 0 Å². The van der Waals surface area contributed by atoms with Crippen LogP contribution in [-0.4, -0.2) is 55.5 Å². The first-order valence-electron chi connectivity index (χ1n) is 6.69. The van der Waals surface area contributed by atoms with Gasteiger partial charge in [-0.15, -0.1) is 0 Å². The first-order chi connectivity index (χ1) is 8.47. The molecule has 0 radical (unpaired) electrons.